The zero-order valence-electron chi connectivity index (χ0n) is 10.0. The maximum atomic E-state index is 11.7. The first-order valence-corrected chi connectivity index (χ1v) is 7.48. The summed E-state index contributed by atoms with van der Waals surface area (Å²) in [4.78, 5) is 0. The fourth-order valence-corrected chi connectivity index (χ4v) is 3.28. The zero-order valence-corrected chi connectivity index (χ0v) is 10.8. The zero-order chi connectivity index (χ0) is 12.0. The van der Waals surface area contributed by atoms with Crippen molar-refractivity contribution in [3.63, 3.8) is 0 Å². The Bertz CT molecular complexity index is 292. The van der Waals surface area contributed by atoms with Gasteiger partial charge < -0.3 is 10.1 Å². The van der Waals surface area contributed by atoms with E-state index in [0.717, 1.165) is 25.8 Å². The first-order valence-electron chi connectivity index (χ1n) is 5.82. The van der Waals surface area contributed by atoms with Gasteiger partial charge in [-0.2, -0.15) is 0 Å². The number of hydrogen-bond acceptors (Lipinski definition) is 4. The predicted molar refractivity (Wildman–Crippen MR) is 63.9 cm³/mol. The SMILES string of the molecule is CCNCCS(=O)(=O)NC1CCCC1OC. The highest BCUT2D eigenvalue weighted by Crippen LogP contribution is 2.21. The van der Waals surface area contributed by atoms with Crippen LogP contribution in [0.15, 0.2) is 0 Å². The summed E-state index contributed by atoms with van der Waals surface area (Å²) < 4.78 is 31.4. The van der Waals surface area contributed by atoms with Gasteiger partial charge in [-0.3, -0.25) is 0 Å². The van der Waals surface area contributed by atoms with Gasteiger partial charge >= 0.3 is 0 Å². The molecule has 1 saturated carbocycles. The highest BCUT2D eigenvalue weighted by Gasteiger charge is 2.30. The van der Waals surface area contributed by atoms with Gasteiger partial charge in [0, 0.05) is 19.7 Å². The van der Waals surface area contributed by atoms with Crippen LogP contribution in [0.1, 0.15) is 26.2 Å². The lowest BCUT2D eigenvalue weighted by Crippen LogP contribution is -2.43. The van der Waals surface area contributed by atoms with Gasteiger partial charge in [0.15, 0.2) is 0 Å². The minimum Gasteiger partial charge on any atom is -0.380 e. The molecule has 2 unspecified atom stereocenters. The van der Waals surface area contributed by atoms with Crippen LogP contribution in [0.2, 0.25) is 0 Å². The Morgan fingerprint density at radius 3 is 2.75 bits per heavy atom. The van der Waals surface area contributed by atoms with E-state index in [1.165, 1.54) is 0 Å². The molecule has 0 aliphatic heterocycles. The molecule has 0 aromatic heterocycles. The molecule has 5 nitrogen and oxygen atoms in total. The van der Waals surface area contributed by atoms with Gasteiger partial charge in [-0.25, -0.2) is 13.1 Å². The van der Waals surface area contributed by atoms with Crippen molar-refractivity contribution >= 4 is 10.0 Å². The van der Waals surface area contributed by atoms with E-state index in [1.54, 1.807) is 7.11 Å². The summed E-state index contributed by atoms with van der Waals surface area (Å²) in [6.45, 7) is 3.24. The highest BCUT2D eigenvalue weighted by molar-refractivity contribution is 7.89. The molecule has 1 aliphatic rings. The number of methoxy groups -OCH3 is 1. The van der Waals surface area contributed by atoms with E-state index < -0.39 is 10.0 Å². The van der Waals surface area contributed by atoms with Crippen molar-refractivity contribution < 1.29 is 13.2 Å². The molecule has 0 aromatic carbocycles. The van der Waals surface area contributed by atoms with E-state index in [2.05, 4.69) is 10.0 Å². The number of nitrogens with one attached hydrogen (secondary N) is 2. The Kier molecular flexibility index (Phi) is 5.68. The lowest BCUT2D eigenvalue weighted by Gasteiger charge is -2.19. The van der Waals surface area contributed by atoms with Crippen LogP contribution in [-0.4, -0.2) is 46.5 Å². The van der Waals surface area contributed by atoms with Crippen LogP contribution in [0, 0.1) is 0 Å². The van der Waals surface area contributed by atoms with Crippen molar-refractivity contribution in [3.8, 4) is 0 Å². The van der Waals surface area contributed by atoms with Gasteiger partial charge in [0.25, 0.3) is 0 Å². The van der Waals surface area contributed by atoms with Gasteiger partial charge in [-0.05, 0) is 25.8 Å². The fourth-order valence-electron chi connectivity index (χ4n) is 2.02. The Morgan fingerprint density at radius 1 is 1.38 bits per heavy atom. The fraction of sp³-hybridized carbons (Fsp3) is 1.00. The predicted octanol–water partition coefficient (Wildman–Crippen LogP) is 0.0828. The molecular weight excluding hydrogens is 228 g/mol. The number of sulfonamides is 1. The summed E-state index contributed by atoms with van der Waals surface area (Å²) in [6.07, 6.45) is 2.88. The number of rotatable bonds is 7. The number of ether oxygens (including phenoxy) is 1. The average Bonchev–Trinajstić information content (AvgIpc) is 2.64. The van der Waals surface area contributed by atoms with Crippen LogP contribution in [0.3, 0.4) is 0 Å². The first-order chi connectivity index (χ1) is 7.59. The second kappa shape index (κ2) is 6.54. The molecule has 1 fully saturated rings. The third kappa shape index (κ3) is 4.37. The molecule has 0 saturated heterocycles. The number of hydrogen-bond donors (Lipinski definition) is 2. The third-order valence-electron chi connectivity index (χ3n) is 2.88. The van der Waals surface area contributed by atoms with Crippen LogP contribution in [0.25, 0.3) is 0 Å². The first kappa shape index (κ1) is 13.9. The van der Waals surface area contributed by atoms with Gasteiger partial charge in [-0.1, -0.05) is 6.92 Å². The van der Waals surface area contributed by atoms with Crippen molar-refractivity contribution in [2.24, 2.45) is 0 Å². The Hall–Kier alpha value is -0.170. The topological polar surface area (TPSA) is 67.4 Å². The Balaban J connectivity index is 2.39. The van der Waals surface area contributed by atoms with Gasteiger partial charge in [0.05, 0.1) is 11.9 Å². The maximum absolute atomic E-state index is 11.7. The highest BCUT2D eigenvalue weighted by atomic mass is 32.2. The summed E-state index contributed by atoms with van der Waals surface area (Å²) in [5.74, 6) is 0.133. The van der Waals surface area contributed by atoms with Crippen LogP contribution in [0.5, 0.6) is 0 Å². The minimum absolute atomic E-state index is 0.0360. The summed E-state index contributed by atoms with van der Waals surface area (Å²) in [7, 11) is -1.54. The molecule has 0 radical (unpaired) electrons. The van der Waals surface area contributed by atoms with Gasteiger partial charge in [0.1, 0.15) is 0 Å². The molecule has 0 bridgehead atoms. The lowest BCUT2D eigenvalue weighted by molar-refractivity contribution is 0.0916. The van der Waals surface area contributed by atoms with Crippen molar-refractivity contribution in [1.29, 1.82) is 0 Å². The van der Waals surface area contributed by atoms with E-state index in [-0.39, 0.29) is 17.9 Å². The lowest BCUT2D eigenvalue weighted by atomic mass is 10.2. The van der Waals surface area contributed by atoms with Crippen LogP contribution < -0.4 is 10.0 Å². The molecular formula is C10H22N2O3S. The average molecular weight is 250 g/mol. The Morgan fingerprint density at radius 2 is 2.12 bits per heavy atom. The van der Waals surface area contributed by atoms with E-state index in [9.17, 15) is 8.42 Å². The van der Waals surface area contributed by atoms with Crippen molar-refractivity contribution in [1.82, 2.24) is 10.0 Å². The summed E-state index contributed by atoms with van der Waals surface area (Å²) in [6, 6.07) is -0.0448. The monoisotopic (exact) mass is 250 g/mol. The third-order valence-corrected chi connectivity index (χ3v) is 4.29. The van der Waals surface area contributed by atoms with E-state index in [1.807, 2.05) is 6.92 Å². The van der Waals surface area contributed by atoms with Crippen LogP contribution >= 0.6 is 0 Å². The normalized spacial score (nSPS) is 26.1. The maximum Gasteiger partial charge on any atom is 0.213 e. The van der Waals surface area contributed by atoms with Crippen molar-refractivity contribution in [2.45, 2.75) is 38.3 Å². The molecule has 2 atom stereocenters. The van der Waals surface area contributed by atoms with E-state index >= 15 is 0 Å². The molecule has 2 N–H and O–H groups in total. The minimum atomic E-state index is -3.17. The molecule has 16 heavy (non-hydrogen) atoms. The van der Waals surface area contributed by atoms with Crippen LogP contribution in [-0.2, 0) is 14.8 Å². The smallest absolute Gasteiger partial charge is 0.213 e. The van der Waals surface area contributed by atoms with E-state index in [0.29, 0.717) is 6.54 Å². The van der Waals surface area contributed by atoms with Gasteiger partial charge in [-0.15, -0.1) is 0 Å². The van der Waals surface area contributed by atoms with Crippen molar-refractivity contribution in [2.75, 3.05) is 26.0 Å². The molecule has 0 aromatic rings. The molecule has 1 aliphatic carbocycles. The molecule has 1 rings (SSSR count). The van der Waals surface area contributed by atoms with Crippen LogP contribution in [0.4, 0.5) is 0 Å². The summed E-state index contributed by atoms with van der Waals surface area (Å²) in [5.41, 5.74) is 0. The molecule has 0 amide bonds. The van der Waals surface area contributed by atoms with Crippen molar-refractivity contribution in [3.05, 3.63) is 0 Å². The molecule has 0 spiro atoms. The van der Waals surface area contributed by atoms with E-state index in [4.69, 9.17) is 4.74 Å². The second-order valence-corrected chi connectivity index (χ2v) is 5.98. The van der Waals surface area contributed by atoms with Gasteiger partial charge in [0.2, 0.25) is 10.0 Å². The quantitative estimate of drug-likeness (QED) is 0.628. The molecule has 0 heterocycles. The summed E-state index contributed by atoms with van der Waals surface area (Å²) >= 11 is 0. The molecule has 6 heteroatoms. The Labute approximate surface area is 98.0 Å². The second-order valence-electron chi connectivity index (χ2n) is 4.10. The molecule has 96 valence electrons. The summed E-state index contributed by atoms with van der Waals surface area (Å²) in [5, 5.41) is 3.00. The largest absolute Gasteiger partial charge is 0.380 e. The standard InChI is InChI=1S/C10H22N2O3S/c1-3-11-7-8-16(13,14)12-9-5-4-6-10(9)15-2/h9-12H,3-8H2,1-2H3.